The van der Waals surface area contributed by atoms with Gasteiger partial charge in [-0.25, -0.2) is 14.4 Å². The number of anilines is 2. The summed E-state index contributed by atoms with van der Waals surface area (Å²) in [7, 11) is 0. The maximum Gasteiger partial charge on any atom is 0.239 e. The number of imidazole rings is 1. The average molecular weight is 465 g/mol. The van der Waals surface area contributed by atoms with Crippen molar-refractivity contribution in [1.29, 1.82) is 0 Å². The number of rotatable bonds is 6. The second kappa shape index (κ2) is 9.45. The second-order valence-electron chi connectivity index (χ2n) is 8.44. The molecule has 8 heteroatoms. The van der Waals surface area contributed by atoms with E-state index in [2.05, 4.69) is 37.3 Å². The largest absolute Gasteiger partial charge is 0.340 e. The number of halogens is 2. The van der Waals surface area contributed by atoms with Gasteiger partial charge in [-0.05, 0) is 62.7 Å². The summed E-state index contributed by atoms with van der Waals surface area (Å²) in [6.07, 6.45) is 2.62. The molecule has 3 heterocycles. The maximum atomic E-state index is 14.4. The van der Waals surface area contributed by atoms with Crippen LogP contribution in [0.3, 0.4) is 0 Å². The molecule has 2 aromatic carbocycles. The Labute approximate surface area is 197 Å². The molecule has 1 aliphatic heterocycles. The summed E-state index contributed by atoms with van der Waals surface area (Å²) in [6.45, 7) is 4.77. The number of fused-ring (bicyclic) bond motifs is 1. The first-order valence-electron chi connectivity index (χ1n) is 11.3. The maximum absolute atomic E-state index is 14.4. The highest BCUT2D eigenvalue weighted by atomic mass is 35.5. The lowest BCUT2D eigenvalue weighted by Crippen LogP contribution is -2.29. The number of likely N-dealkylation sites (tertiary alicyclic amines) is 1. The first-order chi connectivity index (χ1) is 16.1. The van der Waals surface area contributed by atoms with Gasteiger partial charge in [-0.1, -0.05) is 42.3 Å². The molecular formula is C25H26ClFN6. The van der Waals surface area contributed by atoms with E-state index < -0.39 is 6.17 Å². The fourth-order valence-corrected chi connectivity index (χ4v) is 4.49. The molecule has 1 aliphatic rings. The van der Waals surface area contributed by atoms with Crippen molar-refractivity contribution in [3.8, 4) is 5.95 Å². The number of alkyl halides is 1. The lowest BCUT2D eigenvalue weighted by atomic mass is 10.1. The second-order valence-corrected chi connectivity index (χ2v) is 8.83. The van der Waals surface area contributed by atoms with E-state index in [4.69, 9.17) is 11.6 Å². The fraction of sp³-hybridized carbons (Fsp3) is 0.320. The number of hydrogen-bond acceptors (Lipinski definition) is 5. The van der Waals surface area contributed by atoms with Gasteiger partial charge >= 0.3 is 0 Å². The van der Waals surface area contributed by atoms with Crippen LogP contribution in [-0.4, -0.2) is 37.5 Å². The van der Waals surface area contributed by atoms with Crippen LogP contribution >= 0.6 is 11.6 Å². The van der Waals surface area contributed by atoms with Crippen molar-refractivity contribution in [2.45, 2.75) is 38.9 Å². The van der Waals surface area contributed by atoms with Gasteiger partial charge in [0, 0.05) is 18.3 Å². The zero-order valence-electron chi connectivity index (χ0n) is 18.5. The summed E-state index contributed by atoms with van der Waals surface area (Å²) in [6, 6.07) is 17.5. The smallest absolute Gasteiger partial charge is 0.239 e. The number of aromatic nitrogens is 4. The predicted molar refractivity (Wildman–Crippen MR) is 130 cm³/mol. The van der Waals surface area contributed by atoms with Crippen LogP contribution in [0.5, 0.6) is 0 Å². The van der Waals surface area contributed by atoms with Crippen LogP contribution in [0.1, 0.15) is 43.7 Å². The standard InChI is InChI=1S/C25H26ClFN6/c1-17(27)24-29-20-7-3-4-8-21(20)33(24)25-30-22(26)15-23(31-25)28-19-11-9-18(10-12-19)16-32-13-5-2-6-14-32/h3-4,7-12,15,17H,2,5-6,13-14,16H2,1H3,(H,28,30,31). The molecule has 5 rings (SSSR count). The van der Waals surface area contributed by atoms with Gasteiger partial charge in [0.1, 0.15) is 11.0 Å². The third-order valence-electron chi connectivity index (χ3n) is 5.91. The SMILES string of the molecule is CC(F)c1nc2ccccc2n1-c1nc(Cl)cc(Nc2ccc(CN3CCCCC3)cc2)n1. The number of para-hydroxylation sites is 2. The zero-order chi connectivity index (χ0) is 22.8. The molecule has 0 radical (unpaired) electrons. The van der Waals surface area contributed by atoms with E-state index in [-0.39, 0.29) is 16.9 Å². The van der Waals surface area contributed by atoms with Crippen LogP contribution in [0, 0.1) is 0 Å². The molecule has 170 valence electrons. The van der Waals surface area contributed by atoms with Gasteiger partial charge in [0.15, 0.2) is 12.0 Å². The number of nitrogens with zero attached hydrogens (tertiary/aromatic N) is 5. The summed E-state index contributed by atoms with van der Waals surface area (Å²) in [5, 5.41) is 3.56. The Morgan fingerprint density at radius 1 is 1.00 bits per heavy atom. The van der Waals surface area contributed by atoms with Crippen molar-refractivity contribution in [1.82, 2.24) is 24.4 Å². The van der Waals surface area contributed by atoms with Crippen LogP contribution in [0.25, 0.3) is 17.0 Å². The molecule has 4 aromatic rings. The van der Waals surface area contributed by atoms with Gasteiger partial charge in [0.05, 0.1) is 11.0 Å². The van der Waals surface area contributed by atoms with Gasteiger partial charge in [-0.3, -0.25) is 9.47 Å². The number of benzene rings is 2. The molecule has 1 saturated heterocycles. The Hall–Kier alpha value is -3.03. The van der Waals surface area contributed by atoms with Gasteiger partial charge in [0.25, 0.3) is 0 Å². The molecule has 1 fully saturated rings. The molecular weight excluding hydrogens is 439 g/mol. The number of nitrogens with one attached hydrogen (secondary N) is 1. The summed E-state index contributed by atoms with van der Waals surface area (Å²) < 4.78 is 16.0. The molecule has 1 N–H and O–H groups in total. The first kappa shape index (κ1) is 21.8. The lowest BCUT2D eigenvalue weighted by Gasteiger charge is -2.26. The molecule has 1 atom stereocenters. The van der Waals surface area contributed by atoms with Crippen molar-refractivity contribution in [2.75, 3.05) is 18.4 Å². The first-order valence-corrected chi connectivity index (χ1v) is 11.7. The highest BCUT2D eigenvalue weighted by Crippen LogP contribution is 2.27. The van der Waals surface area contributed by atoms with E-state index in [0.29, 0.717) is 11.3 Å². The molecule has 0 spiro atoms. The van der Waals surface area contributed by atoms with Crippen molar-refractivity contribution in [3.05, 3.63) is 71.1 Å². The highest BCUT2D eigenvalue weighted by molar-refractivity contribution is 6.29. The predicted octanol–water partition coefficient (Wildman–Crippen LogP) is 6.23. The van der Waals surface area contributed by atoms with E-state index in [1.54, 1.807) is 10.6 Å². The van der Waals surface area contributed by atoms with Crippen molar-refractivity contribution in [3.63, 3.8) is 0 Å². The Balaban J connectivity index is 1.41. The number of piperidine rings is 1. The molecule has 0 saturated carbocycles. The summed E-state index contributed by atoms with van der Waals surface area (Å²) >= 11 is 6.33. The van der Waals surface area contributed by atoms with Crippen LogP contribution < -0.4 is 5.32 Å². The van der Waals surface area contributed by atoms with Gasteiger partial charge in [0.2, 0.25) is 5.95 Å². The molecule has 6 nitrogen and oxygen atoms in total. The molecule has 0 amide bonds. The summed E-state index contributed by atoms with van der Waals surface area (Å²) in [5.41, 5.74) is 3.59. The molecule has 33 heavy (non-hydrogen) atoms. The summed E-state index contributed by atoms with van der Waals surface area (Å²) in [4.78, 5) is 15.9. The topological polar surface area (TPSA) is 58.9 Å². The van der Waals surface area contributed by atoms with Crippen LogP contribution in [-0.2, 0) is 6.54 Å². The van der Waals surface area contributed by atoms with Crippen molar-refractivity contribution >= 4 is 34.1 Å². The van der Waals surface area contributed by atoms with E-state index in [1.165, 1.54) is 44.8 Å². The average Bonchev–Trinajstić information content (AvgIpc) is 3.21. The lowest BCUT2D eigenvalue weighted by molar-refractivity contribution is 0.221. The Kier molecular flexibility index (Phi) is 6.24. The Morgan fingerprint density at radius 3 is 2.52 bits per heavy atom. The minimum Gasteiger partial charge on any atom is -0.340 e. The molecule has 0 bridgehead atoms. The monoisotopic (exact) mass is 464 g/mol. The molecule has 0 aliphatic carbocycles. The van der Waals surface area contributed by atoms with E-state index in [9.17, 15) is 4.39 Å². The molecule has 2 aromatic heterocycles. The van der Waals surface area contributed by atoms with Crippen LogP contribution in [0.15, 0.2) is 54.6 Å². The minimum atomic E-state index is -1.29. The Bertz CT molecular complexity index is 1250. The highest BCUT2D eigenvalue weighted by Gasteiger charge is 2.20. The molecule has 1 unspecified atom stereocenters. The van der Waals surface area contributed by atoms with Crippen molar-refractivity contribution in [2.24, 2.45) is 0 Å². The quantitative estimate of drug-likeness (QED) is 0.343. The third kappa shape index (κ3) is 4.84. The van der Waals surface area contributed by atoms with Gasteiger partial charge in [-0.15, -0.1) is 0 Å². The van der Waals surface area contributed by atoms with Gasteiger partial charge in [-0.2, -0.15) is 4.98 Å². The Morgan fingerprint density at radius 2 is 1.76 bits per heavy atom. The summed E-state index contributed by atoms with van der Waals surface area (Å²) in [5.74, 6) is 1.05. The minimum absolute atomic E-state index is 0.242. The van der Waals surface area contributed by atoms with Crippen LogP contribution in [0.2, 0.25) is 5.15 Å². The van der Waals surface area contributed by atoms with Crippen molar-refractivity contribution < 1.29 is 4.39 Å². The third-order valence-corrected chi connectivity index (χ3v) is 6.10. The van der Waals surface area contributed by atoms with E-state index >= 15 is 0 Å². The van der Waals surface area contributed by atoms with Crippen LogP contribution in [0.4, 0.5) is 15.9 Å². The fourth-order valence-electron chi connectivity index (χ4n) is 4.31. The normalized spacial score (nSPS) is 15.6. The zero-order valence-corrected chi connectivity index (χ0v) is 19.3. The van der Waals surface area contributed by atoms with Gasteiger partial charge < -0.3 is 5.32 Å². The van der Waals surface area contributed by atoms with E-state index in [0.717, 1.165) is 17.7 Å². The van der Waals surface area contributed by atoms with E-state index in [1.807, 2.05) is 36.4 Å². The number of hydrogen-bond donors (Lipinski definition) is 1.